The van der Waals surface area contributed by atoms with Crippen LogP contribution in [0.2, 0.25) is 0 Å². The first kappa shape index (κ1) is 19.6. The molecule has 0 aliphatic carbocycles. The van der Waals surface area contributed by atoms with Gasteiger partial charge >= 0.3 is 0 Å². The van der Waals surface area contributed by atoms with Crippen LogP contribution < -0.4 is 5.32 Å². The molecule has 1 heterocycles. The molecule has 5 nitrogen and oxygen atoms in total. The fourth-order valence-corrected chi connectivity index (χ4v) is 4.19. The van der Waals surface area contributed by atoms with Crippen LogP contribution in [0.1, 0.15) is 12.0 Å². The van der Waals surface area contributed by atoms with Gasteiger partial charge in [-0.25, -0.2) is 0 Å². The molecule has 1 saturated heterocycles. The van der Waals surface area contributed by atoms with Gasteiger partial charge in [-0.1, -0.05) is 58.1 Å². The van der Waals surface area contributed by atoms with E-state index < -0.39 is 0 Å². The fourth-order valence-electron chi connectivity index (χ4n) is 2.46. The molecule has 0 unspecified atom stereocenters. The van der Waals surface area contributed by atoms with Crippen molar-refractivity contribution in [1.82, 2.24) is 4.90 Å². The van der Waals surface area contributed by atoms with E-state index in [-0.39, 0.29) is 30.5 Å². The molecule has 1 aliphatic rings. The van der Waals surface area contributed by atoms with Gasteiger partial charge in [-0.15, -0.1) is 0 Å². The Bertz CT molecular complexity index is 946. The second-order valence-corrected chi connectivity index (χ2v) is 8.33. The third kappa shape index (κ3) is 5.18. The van der Waals surface area contributed by atoms with Gasteiger partial charge in [0.1, 0.15) is 10.1 Å². The molecular formula is C19H15BrN2O3S2. The van der Waals surface area contributed by atoms with Crippen molar-refractivity contribution >= 4 is 67.8 Å². The maximum Gasteiger partial charge on any atom is 0.266 e. The number of carbonyl (C=O) groups excluding carboxylic acids is 2. The molecular weight excluding hydrogens is 448 g/mol. The lowest BCUT2D eigenvalue weighted by Crippen LogP contribution is -2.31. The Morgan fingerprint density at radius 2 is 2.04 bits per heavy atom. The van der Waals surface area contributed by atoms with E-state index in [1.807, 2.05) is 24.3 Å². The molecule has 0 aromatic heterocycles. The van der Waals surface area contributed by atoms with Crippen molar-refractivity contribution in [1.29, 1.82) is 0 Å². The zero-order valence-electron chi connectivity index (χ0n) is 14.0. The van der Waals surface area contributed by atoms with E-state index in [1.165, 1.54) is 28.8 Å². The summed E-state index contributed by atoms with van der Waals surface area (Å²) in [6.45, 7) is 0.200. The van der Waals surface area contributed by atoms with Gasteiger partial charge < -0.3 is 10.4 Å². The van der Waals surface area contributed by atoms with Crippen LogP contribution in [0.4, 0.5) is 5.69 Å². The predicted octanol–water partition coefficient (Wildman–Crippen LogP) is 4.38. The van der Waals surface area contributed by atoms with E-state index >= 15 is 0 Å². The first-order chi connectivity index (χ1) is 12.9. The third-order valence-corrected chi connectivity index (χ3v) is 5.58. The lowest BCUT2D eigenvalue weighted by Gasteiger charge is -2.14. The van der Waals surface area contributed by atoms with Gasteiger partial charge in [0, 0.05) is 29.2 Å². The molecule has 2 aromatic rings. The van der Waals surface area contributed by atoms with Crippen LogP contribution in [0, 0.1) is 0 Å². The molecule has 0 bridgehead atoms. The first-order valence-corrected chi connectivity index (χ1v) is 10.0. The molecule has 2 N–H and O–H groups in total. The number of rotatable bonds is 5. The number of carbonyl (C=O) groups is 2. The minimum atomic E-state index is -0.259. The van der Waals surface area contributed by atoms with Gasteiger partial charge in [0.2, 0.25) is 5.91 Å². The minimum absolute atomic E-state index is 0.0717. The zero-order chi connectivity index (χ0) is 19.4. The fraction of sp³-hybridized carbons (Fsp3) is 0.105. The Balaban J connectivity index is 1.61. The number of hydrogen-bond acceptors (Lipinski definition) is 5. The van der Waals surface area contributed by atoms with Gasteiger partial charge in [-0.2, -0.15) is 0 Å². The molecule has 3 rings (SSSR count). The van der Waals surface area contributed by atoms with Crippen molar-refractivity contribution < 1.29 is 14.7 Å². The summed E-state index contributed by atoms with van der Waals surface area (Å²) in [7, 11) is 0. The summed E-state index contributed by atoms with van der Waals surface area (Å²) < 4.78 is 1.36. The standard InChI is InChI=1S/C19H15BrN2O3S2/c20-13-4-1-3-12(9-13)10-16-18(25)22(19(26)27-16)8-7-17(24)21-14-5-2-6-15(23)11-14/h1-6,9-11,23H,7-8H2,(H,21,24). The molecule has 1 fully saturated rings. The number of hydrogen-bond donors (Lipinski definition) is 2. The number of phenols is 1. The van der Waals surface area contributed by atoms with Crippen molar-refractivity contribution in [3.8, 4) is 5.75 Å². The Morgan fingerprint density at radius 3 is 2.78 bits per heavy atom. The maximum atomic E-state index is 12.6. The normalized spacial score (nSPS) is 15.4. The molecule has 2 aromatic carbocycles. The molecule has 0 radical (unpaired) electrons. The van der Waals surface area contributed by atoms with E-state index in [1.54, 1.807) is 18.2 Å². The average Bonchev–Trinajstić information content (AvgIpc) is 2.86. The van der Waals surface area contributed by atoms with E-state index in [0.29, 0.717) is 14.9 Å². The second kappa shape index (κ2) is 8.69. The Labute approximate surface area is 174 Å². The number of halogens is 1. The quantitative estimate of drug-likeness (QED) is 0.509. The molecule has 2 amide bonds. The number of benzene rings is 2. The molecule has 1 aliphatic heterocycles. The van der Waals surface area contributed by atoms with Crippen LogP contribution in [-0.2, 0) is 9.59 Å². The van der Waals surface area contributed by atoms with Gasteiger partial charge in [-0.05, 0) is 35.9 Å². The van der Waals surface area contributed by atoms with Gasteiger partial charge in [-0.3, -0.25) is 14.5 Å². The van der Waals surface area contributed by atoms with Gasteiger partial charge in [0.15, 0.2) is 0 Å². The highest BCUT2D eigenvalue weighted by Crippen LogP contribution is 2.33. The molecule has 138 valence electrons. The van der Waals surface area contributed by atoms with Crippen LogP contribution in [0.25, 0.3) is 6.08 Å². The Morgan fingerprint density at radius 1 is 1.26 bits per heavy atom. The number of thiocarbonyl (C=S) groups is 1. The number of nitrogens with zero attached hydrogens (tertiary/aromatic N) is 1. The Kier molecular flexibility index (Phi) is 6.30. The highest BCUT2D eigenvalue weighted by atomic mass is 79.9. The summed E-state index contributed by atoms with van der Waals surface area (Å²) in [6, 6.07) is 13.9. The summed E-state index contributed by atoms with van der Waals surface area (Å²) in [5.74, 6) is -0.386. The average molecular weight is 463 g/mol. The summed E-state index contributed by atoms with van der Waals surface area (Å²) in [5, 5.41) is 12.1. The molecule has 0 atom stereocenters. The van der Waals surface area contributed by atoms with Gasteiger partial charge in [0.05, 0.1) is 4.91 Å². The molecule has 0 spiro atoms. The molecule has 27 heavy (non-hydrogen) atoms. The first-order valence-electron chi connectivity index (χ1n) is 8.02. The number of amides is 2. The number of nitrogens with one attached hydrogen (secondary N) is 1. The van der Waals surface area contributed by atoms with Crippen LogP contribution in [0.5, 0.6) is 5.75 Å². The monoisotopic (exact) mass is 462 g/mol. The largest absolute Gasteiger partial charge is 0.508 e. The minimum Gasteiger partial charge on any atom is -0.508 e. The van der Waals surface area contributed by atoms with Crippen molar-refractivity contribution in [2.45, 2.75) is 6.42 Å². The molecule has 0 saturated carbocycles. The number of phenolic OH excluding ortho intramolecular Hbond substituents is 1. The van der Waals surface area contributed by atoms with E-state index in [2.05, 4.69) is 21.2 Å². The summed E-state index contributed by atoms with van der Waals surface area (Å²) in [6.07, 6.45) is 1.89. The zero-order valence-corrected chi connectivity index (χ0v) is 17.2. The SMILES string of the molecule is O=C(CCN1C(=O)C(=Cc2cccc(Br)c2)SC1=S)Nc1cccc(O)c1. The summed E-state index contributed by atoms with van der Waals surface area (Å²) in [4.78, 5) is 26.7. The van der Waals surface area contributed by atoms with Crippen LogP contribution in [0.15, 0.2) is 57.9 Å². The number of aromatic hydroxyl groups is 1. The topological polar surface area (TPSA) is 69.6 Å². The van der Waals surface area contributed by atoms with Crippen molar-refractivity contribution in [3.05, 3.63) is 63.5 Å². The highest BCUT2D eigenvalue weighted by Gasteiger charge is 2.32. The predicted molar refractivity (Wildman–Crippen MR) is 115 cm³/mol. The number of thioether (sulfide) groups is 1. The number of anilines is 1. The van der Waals surface area contributed by atoms with E-state index in [9.17, 15) is 14.7 Å². The lowest BCUT2D eigenvalue weighted by atomic mass is 10.2. The van der Waals surface area contributed by atoms with Crippen LogP contribution in [0.3, 0.4) is 0 Å². The van der Waals surface area contributed by atoms with Crippen LogP contribution >= 0.6 is 39.9 Å². The van der Waals surface area contributed by atoms with Crippen molar-refractivity contribution in [2.24, 2.45) is 0 Å². The second-order valence-electron chi connectivity index (χ2n) is 5.74. The smallest absolute Gasteiger partial charge is 0.266 e. The van der Waals surface area contributed by atoms with Crippen molar-refractivity contribution in [2.75, 3.05) is 11.9 Å². The third-order valence-electron chi connectivity index (χ3n) is 3.71. The lowest BCUT2D eigenvalue weighted by molar-refractivity contribution is -0.122. The summed E-state index contributed by atoms with van der Waals surface area (Å²) >= 11 is 9.92. The molecule has 8 heteroatoms. The van der Waals surface area contributed by atoms with Gasteiger partial charge in [0.25, 0.3) is 5.91 Å². The highest BCUT2D eigenvalue weighted by molar-refractivity contribution is 9.10. The Hall–Kier alpha value is -2.16. The van der Waals surface area contributed by atoms with E-state index in [4.69, 9.17) is 12.2 Å². The maximum absolute atomic E-state index is 12.6. The van der Waals surface area contributed by atoms with Crippen LogP contribution in [-0.4, -0.2) is 32.7 Å². The summed E-state index contributed by atoms with van der Waals surface area (Å²) in [5.41, 5.74) is 1.39. The van der Waals surface area contributed by atoms with E-state index in [0.717, 1.165) is 10.0 Å². The van der Waals surface area contributed by atoms with Crippen molar-refractivity contribution in [3.63, 3.8) is 0 Å².